The van der Waals surface area contributed by atoms with Gasteiger partial charge in [-0.05, 0) is 61.2 Å². The van der Waals surface area contributed by atoms with Gasteiger partial charge in [-0.15, -0.1) is 0 Å². The van der Waals surface area contributed by atoms with E-state index in [1.807, 2.05) is 53.1 Å². The highest BCUT2D eigenvalue weighted by Gasteiger charge is 2.29. The molecular weight excluding hydrogens is 496 g/mol. The number of halogens is 3. The number of benzene rings is 3. The summed E-state index contributed by atoms with van der Waals surface area (Å²) in [6.45, 7) is 0.811. The first-order chi connectivity index (χ1) is 17.5. The molecule has 0 radical (unpaired) electrons. The summed E-state index contributed by atoms with van der Waals surface area (Å²) in [5.74, 6) is -0.532. The number of nitrogens with one attached hydrogen (secondary N) is 1. The van der Waals surface area contributed by atoms with Gasteiger partial charge in [-0.3, -0.25) is 9.20 Å². The summed E-state index contributed by atoms with van der Waals surface area (Å²) in [6, 6.07) is 21.3. The largest absolute Gasteiger partial charge is 0.325 e. The average Bonchev–Trinajstić information content (AvgIpc) is 3.30. The number of imidazole rings is 1. The number of anilines is 1. The topological polar surface area (TPSA) is 38.4 Å². The minimum atomic E-state index is -0.310. The smallest absolute Gasteiger partial charge is 0.273 e. The Morgan fingerprint density at radius 2 is 1.64 bits per heavy atom. The fraction of sp³-hybridized carbons (Fsp3) is 0.138. The molecule has 1 amide bonds. The van der Waals surface area contributed by atoms with E-state index in [1.165, 1.54) is 12.1 Å². The Balaban J connectivity index is 1.62. The van der Waals surface area contributed by atoms with E-state index in [0.717, 1.165) is 59.4 Å². The molecule has 0 aliphatic carbocycles. The quantitative estimate of drug-likeness (QED) is 0.257. The van der Waals surface area contributed by atoms with Crippen LogP contribution in [0.15, 0.2) is 79.0 Å². The molecule has 0 bridgehead atoms. The summed E-state index contributed by atoms with van der Waals surface area (Å²) >= 11 is 12.5. The van der Waals surface area contributed by atoms with Crippen LogP contribution in [-0.2, 0) is 13.0 Å². The normalized spacial score (nSPS) is 13.1. The van der Waals surface area contributed by atoms with Crippen molar-refractivity contribution in [2.24, 2.45) is 0 Å². The second-order valence-electron chi connectivity index (χ2n) is 8.97. The molecule has 180 valence electrons. The molecule has 0 saturated heterocycles. The number of aryl methyl sites for hydroxylation is 2. The first-order valence-corrected chi connectivity index (χ1v) is 12.6. The molecular formula is C29H22Cl2FN3O. The maximum atomic E-state index is 13.8. The van der Waals surface area contributed by atoms with Gasteiger partial charge in [0, 0.05) is 35.1 Å². The Morgan fingerprint density at radius 3 is 2.39 bits per heavy atom. The summed E-state index contributed by atoms with van der Waals surface area (Å²) < 4.78 is 18.0. The fourth-order valence-corrected chi connectivity index (χ4v) is 5.43. The van der Waals surface area contributed by atoms with Crippen molar-refractivity contribution in [2.45, 2.75) is 25.8 Å². The molecule has 3 heterocycles. The number of nitrogens with zero attached hydrogens (tertiary/aromatic N) is 2. The van der Waals surface area contributed by atoms with Crippen molar-refractivity contribution in [3.8, 4) is 22.4 Å². The SMILES string of the molecule is O=C(Nc1ccccc1)c1c(-c2ccc(F)cc2)c2c3n(c(-c4ccc(Cl)c(Cl)c4)cn13)CCCC2. The first-order valence-electron chi connectivity index (χ1n) is 11.9. The second-order valence-corrected chi connectivity index (χ2v) is 9.79. The van der Waals surface area contributed by atoms with Gasteiger partial charge in [0.2, 0.25) is 0 Å². The third-order valence-corrected chi connectivity index (χ3v) is 7.47. The van der Waals surface area contributed by atoms with E-state index >= 15 is 0 Å². The van der Waals surface area contributed by atoms with Crippen molar-refractivity contribution in [3.05, 3.63) is 106 Å². The van der Waals surface area contributed by atoms with Gasteiger partial charge in [-0.2, -0.15) is 0 Å². The number of aromatic nitrogens is 2. The molecule has 6 rings (SSSR count). The Labute approximate surface area is 217 Å². The summed E-state index contributed by atoms with van der Waals surface area (Å²) in [6.07, 6.45) is 4.80. The maximum absolute atomic E-state index is 13.8. The predicted molar refractivity (Wildman–Crippen MR) is 144 cm³/mol. The number of rotatable bonds is 4. The summed E-state index contributed by atoms with van der Waals surface area (Å²) in [4.78, 5) is 13.8. The van der Waals surface area contributed by atoms with Gasteiger partial charge in [0.05, 0.1) is 15.7 Å². The Morgan fingerprint density at radius 1 is 0.889 bits per heavy atom. The lowest BCUT2D eigenvalue weighted by molar-refractivity contribution is 0.102. The number of carbonyl (C=O) groups is 1. The van der Waals surface area contributed by atoms with Crippen molar-refractivity contribution >= 4 is 40.4 Å². The van der Waals surface area contributed by atoms with E-state index in [9.17, 15) is 9.18 Å². The summed E-state index contributed by atoms with van der Waals surface area (Å²) in [5, 5.41) is 4.03. The van der Waals surface area contributed by atoms with Gasteiger partial charge in [-0.25, -0.2) is 4.39 Å². The van der Waals surface area contributed by atoms with Crippen molar-refractivity contribution < 1.29 is 9.18 Å². The third kappa shape index (κ3) is 3.89. The van der Waals surface area contributed by atoms with E-state index in [0.29, 0.717) is 21.4 Å². The zero-order valence-corrected chi connectivity index (χ0v) is 20.8. The van der Waals surface area contributed by atoms with Crippen LogP contribution in [-0.4, -0.2) is 14.9 Å². The first kappa shape index (κ1) is 22.9. The summed E-state index contributed by atoms with van der Waals surface area (Å²) in [5.41, 5.74) is 6.85. The molecule has 5 aromatic rings. The fourth-order valence-electron chi connectivity index (χ4n) is 5.13. The zero-order chi connectivity index (χ0) is 24.8. The minimum absolute atomic E-state index is 0.222. The molecule has 2 aromatic heterocycles. The maximum Gasteiger partial charge on any atom is 0.273 e. The Bertz CT molecular complexity index is 1600. The van der Waals surface area contributed by atoms with Crippen LogP contribution in [0.2, 0.25) is 10.0 Å². The number of carbonyl (C=O) groups excluding carboxylic acids is 1. The van der Waals surface area contributed by atoms with Gasteiger partial charge in [-0.1, -0.05) is 59.6 Å². The van der Waals surface area contributed by atoms with E-state index in [2.05, 4.69) is 9.88 Å². The van der Waals surface area contributed by atoms with E-state index in [1.54, 1.807) is 18.2 Å². The highest BCUT2D eigenvalue weighted by atomic mass is 35.5. The molecule has 4 nitrogen and oxygen atoms in total. The van der Waals surface area contributed by atoms with Crippen LogP contribution in [0.4, 0.5) is 10.1 Å². The molecule has 3 aromatic carbocycles. The van der Waals surface area contributed by atoms with E-state index in [-0.39, 0.29) is 11.7 Å². The number of hydrogen-bond acceptors (Lipinski definition) is 1. The predicted octanol–water partition coefficient (Wildman–Crippen LogP) is 8.11. The molecule has 1 aliphatic heterocycles. The standard InChI is InChI=1S/C29H22Cl2FN3O/c30-23-14-11-19(16-24(23)31)25-17-35-27(28(36)33-21-6-2-1-3-7-21)26(18-9-12-20(32)13-10-18)22-8-4-5-15-34(25)29(22)35/h1-3,6-7,9-14,16-17H,4-5,8,15H2,(H,33,36). The lowest BCUT2D eigenvalue weighted by atomic mass is 9.97. The molecule has 0 unspecified atom stereocenters. The third-order valence-electron chi connectivity index (χ3n) is 6.73. The van der Waals surface area contributed by atoms with Crippen LogP contribution in [0.3, 0.4) is 0 Å². The Kier molecular flexibility index (Phi) is 5.82. The monoisotopic (exact) mass is 517 g/mol. The van der Waals surface area contributed by atoms with Gasteiger partial charge < -0.3 is 9.88 Å². The number of amides is 1. The number of hydrogen-bond donors (Lipinski definition) is 1. The van der Waals surface area contributed by atoms with Crippen LogP contribution in [0.1, 0.15) is 28.9 Å². The Hall–Kier alpha value is -3.54. The minimum Gasteiger partial charge on any atom is -0.325 e. The lowest BCUT2D eigenvalue weighted by Gasteiger charge is -2.10. The van der Waals surface area contributed by atoms with Crippen LogP contribution < -0.4 is 5.32 Å². The van der Waals surface area contributed by atoms with Crippen LogP contribution in [0.5, 0.6) is 0 Å². The van der Waals surface area contributed by atoms with Gasteiger partial charge in [0.1, 0.15) is 17.2 Å². The molecule has 0 saturated carbocycles. The molecule has 0 atom stereocenters. The van der Waals surface area contributed by atoms with Crippen LogP contribution in [0, 0.1) is 5.82 Å². The van der Waals surface area contributed by atoms with Crippen LogP contribution >= 0.6 is 23.2 Å². The molecule has 1 aliphatic rings. The lowest BCUT2D eigenvalue weighted by Crippen LogP contribution is -2.15. The number of para-hydroxylation sites is 1. The van der Waals surface area contributed by atoms with Crippen molar-refractivity contribution in [1.29, 1.82) is 0 Å². The summed E-state index contributed by atoms with van der Waals surface area (Å²) in [7, 11) is 0. The molecule has 0 fully saturated rings. The average molecular weight is 518 g/mol. The van der Waals surface area contributed by atoms with Crippen molar-refractivity contribution in [3.63, 3.8) is 0 Å². The van der Waals surface area contributed by atoms with E-state index in [4.69, 9.17) is 23.2 Å². The van der Waals surface area contributed by atoms with Crippen molar-refractivity contribution in [1.82, 2.24) is 8.97 Å². The van der Waals surface area contributed by atoms with Crippen LogP contribution in [0.25, 0.3) is 28.0 Å². The highest BCUT2D eigenvalue weighted by Crippen LogP contribution is 2.40. The second kappa shape index (κ2) is 9.16. The van der Waals surface area contributed by atoms with Gasteiger partial charge in [0.25, 0.3) is 5.91 Å². The highest BCUT2D eigenvalue weighted by molar-refractivity contribution is 6.42. The zero-order valence-electron chi connectivity index (χ0n) is 19.3. The van der Waals surface area contributed by atoms with E-state index < -0.39 is 0 Å². The van der Waals surface area contributed by atoms with Crippen molar-refractivity contribution in [2.75, 3.05) is 5.32 Å². The molecule has 36 heavy (non-hydrogen) atoms. The molecule has 0 spiro atoms. The molecule has 1 N–H and O–H groups in total. The molecule has 7 heteroatoms. The van der Waals surface area contributed by atoms with Gasteiger partial charge in [0.15, 0.2) is 0 Å². The van der Waals surface area contributed by atoms with Gasteiger partial charge >= 0.3 is 0 Å².